The summed E-state index contributed by atoms with van der Waals surface area (Å²) in [5.41, 5.74) is 1.70. The number of para-hydroxylation sites is 2. The van der Waals surface area contributed by atoms with E-state index < -0.39 is 0 Å². The van der Waals surface area contributed by atoms with Gasteiger partial charge in [-0.25, -0.2) is 0 Å². The molecule has 1 unspecified atom stereocenters. The van der Waals surface area contributed by atoms with Crippen molar-refractivity contribution in [3.05, 3.63) is 24.3 Å². The number of fused-ring (bicyclic) bond motifs is 1. The number of hydrogen-bond donors (Lipinski definition) is 0. The highest BCUT2D eigenvalue weighted by atomic mass is 16.5. The van der Waals surface area contributed by atoms with Crippen molar-refractivity contribution in [1.29, 1.82) is 0 Å². The Balaban J connectivity index is 1.37. The molecule has 0 N–H and O–H groups in total. The highest BCUT2D eigenvalue weighted by Gasteiger charge is 2.32. The van der Waals surface area contributed by atoms with Gasteiger partial charge < -0.3 is 19.0 Å². The van der Waals surface area contributed by atoms with Gasteiger partial charge in [-0.2, -0.15) is 4.98 Å². The fraction of sp³-hybridized carbons (Fsp3) is 0.579. The fourth-order valence-electron chi connectivity index (χ4n) is 3.74. The second kappa shape index (κ2) is 7.04. The summed E-state index contributed by atoms with van der Waals surface area (Å²) in [6.45, 7) is 5.85. The number of nitrogens with zero attached hydrogens (tertiary/aromatic N) is 3. The molecule has 6 nitrogen and oxygen atoms in total. The second-order valence-corrected chi connectivity index (χ2v) is 6.91. The van der Waals surface area contributed by atoms with Gasteiger partial charge in [-0.15, -0.1) is 0 Å². The van der Waals surface area contributed by atoms with Crippen LogP contribution in [-0.4, -0.2) is 54.7 Å². The zero-order valence-corrected chi connectivity index (χ0v) is 14.7. The average Bonchev–Trinajstić information content (AvgIpc) is 3.12. The lowest BCUT2D eigenvalue weighted by Crippen LogP contribution is -2.49. The Kier molecular flexibility index (Phi) is 4.61. The van der Waals surface area contributed by atoms with E-state index in [1.54, 1.807) is 0 Å². The molecule has 2 aliphatic heterocycles. The minimum atomic E-state index is 0.108. The predicted molar refractivity (Wildman–Crippen MR) is 95.6 cm³/mol. The molecular weight excluding hydrogens is 318 g/mol. The van der Waals surface area contributed by atoms with Gasteiger partial charge in [0.15, 0.2) is 5.58 Å². The summed E-state index contributed by atoms with van der Waals surface area (Å²) >= 11 is 0. The molecule has 0 aliphatic carbocycles. The van der Waals surface area contributed by atoms with E-state index >= 15 is 0 Å². The molecule has 1 atom stereocenters. The van der Waals surface area contributed by atoms with Gasteiger partial charge in [0.2, 0.25) is 5.91 Å². The van der Waals surface area contributed by atoms with Crippen molar-refractivity contribution in [2.24, 2.45) is 5.92 Å². The van der Waals surface area contributed by atoms with Crippen LogP contribution in [0.5, 0.6) is 0 Å². The maximum atomic E-state index is 12.8. The molecular formula is C19H25N3O3. The van der Waals surface area contributed by atoms with Gasteiger partial charge in [0.05, 0.1) is 12.7 Å². The number of rotatable bonds is 3. The van der Waals surface area contributed by atoms with E-state index in [2.05, 4.69) is 16.8 Å². The number of ether oxygens (including phenoxy) is 1. The predicted octanol–water partition coefficient (Wildman–Crippen LogP) is 2.68. The summed E-state index contributed by atoms with van der Waals surface area (Å²) in [5.74, 6) is 0.398. The lowest BCUT2D eigenvalue weighted by atomic mass is 9.95. The normalized spacial score (nSPS) is 22.5. The molecule has 4 rings (SSSR count). The van der Waals surface area contributed by atoms with E-state index in [1.165, 1.54) is 0 Å². The number of amides is 1. The maximum absolute atomic E-state index is 12.8. The molecule has 2 saturated heterocycles. The number of aromatic nitrogens is 1. The summed E-state index contributed by atoms with van der Waals surface area (Å²) in [6.07, 6.45) is 2.86. The first-order valence-corrected chi connectivity index (χ1v) is 9.25. The Hall–Kier alpha value is -2.08. The monoisotopic (exact) mass is 343 g/mol. The Morgan fingerprint density at radius 3 is 2.80 bits per heavy atom. The molecule has 2 fully saturated rings. The number of benzene rings is 1. The first-order valence-electron chi connectivity index (χ1n) is 9.25. The lowest BCUT2D eigenvalue weighted by Gasteiger charge is -2.37. The summed E-state index contributed by atoms with van der Waals surface area (Å²) < 4.78 is 11.5. The van der Waals surface area contributed by atoms with Crippen molar-refractivity contribution in [2.75, 3.05) is 37.7 Å². The fourth-order valence-corrected chi connectivity index (χ4v) is 3.74. The highest BCUT2D eigenvalue weighted by molar-refractivity contribution is 5.79. The number of carbonyl (C=O) groups is 1. The molecule has 1 aromatic carbocycles. The zero-order valence-electron chi connectivity index (χ0n) is 14.7. The Labute approximate surface area is 147 Å². The molecule has 0 bridgehead atoms. The van der Waals surface area contributed by atoms with Gasteiger partial charge >= 0.3 is 0 Å². The maximum Gasteiger partial charge on any atom is 0.298 e. The molecule has 0 spiro atoms. The van der Waals surface area contributed by atoms with E-state index in [0.717, 1.165) is 56.5 Å². The second-order valence-electron chi connectivity index (χ2n) is 6.91. The third-order valence-electron chi connectivity index (χ3n) is 5.30. The number of carbonyl (C=O) groups excluding carboxylic acids is 1. The van der Waals surface area contributed by atoms with E-state index in [1.807, 2.05) is 29.2 Å². The van der Waals surface area contributed by atoms with Crippen molar-refractivity contribution in [3.8, 4) is 0 Å². The van der Waals surface area contributed by atoms with E-state index in [4.69, 9.17) is 9.15 Å². The number of hydrogen-bond acceptors (Lipinski definition) is 5. The van der Waals surface area contributed by atoms with E-state index in [-0.39, 0.29) is 12.0 Å². The van der Waals surface area contributed by atoms with Crippen LogP contribution in [0.3, 0.4) is 0 Å². The SMILES string of the molecule is CCC1CN(C(=O)C2CCN(c3nc4ccccc4o3)CC2)CCO1. The van der Waals surface area contributed by atoms with Crippen LogP contribution < -0.4 is 4.90 Å². The summed E-state index contributed by atoms with van der Waals surface area (Å²) in [6, 6.07) is 8.48. The summed E-state index contributed by atoms with van der Waals surface area (Å²) in [5, 5.41) is 0. The molecule has 2 aromatic rings. The van der Waals surface area contributed by atoms with Crippen LogP contribution in [0.25, 0.3) is 11.1 Å². The largest absolute Gasteiger partial charge is 0.423 e. The van der Waals surface area contributed by atoms with Crippen molar-refractivity contribution >= 4 is 23.0 Å². The van der Waals surface area contributed by atoms with Crippen LogP contribution in [-0.2, 0) is 9.53 Å². The number of oxazole rings is 1. The third-order valence-corrected chi connectivity index (χ3v) is 5.30. The van der Waals surface area contributed by atoms with Crippen molar-refractivity contribution in [3.63, 3.8) is 0 Å². The Bertz CT molecular complexity index is 703. The van der Waals surface area contributed by atoms with Crippen molar-refractivity contribution in [1.82, 2.24) is 9.88 Å². The Morgan fingerprint density at radius 1 is 1.24 bits per heavy atom. The molecule has 0 saturated carbocycles. The third kappa shape index (κ3) is 3.35. The van der Waals surface area contributed by atoms with Gasteiger partial charge in [0, 0.05) is 32.1 Å². The summed E-state index contributed by atoms with van der Waals surface area (Å²) in [7, 11) is 0. The van der Waals surface area contributed by atoms with Crippen LogP contribution in [0, 0.1) is 5.92 Å². The number of anilines is 1. The van der Waals surface area contributed by atoms with Crippen LogP contribution in [0.15, 0.2) is 28.7 Å². The molecule has 3 heterocycles. The van der Waals surface area contributed by atoms with Gasteiger partial charge in [-0.1, -0.05) is 19.1 Å². The van der Waals surface area contributed by atoms with E-state index in [9.17, 15) is 4.79 Å². The van der Waals surface area contributed by atoms with Gasteiger partial charge in [0.25, 0.3) is 6.01 Å². The van der Waals surface area contributed by atoms with Crippen LogP contribution in [0.4, 0.5) is 6.01 Å². The topological polar surface area (TPSA) is 58.8 Å². The van der Waals surface area contributed by atoms with Crippen LogP contribution in [0.1, 0.15) is 26.2 Å². The zero-order chi connectivity index (χ0) is 17.2. The first-order chi connectivity index (χ1) is 12.2. The number of piperidine rings is 1. The smallest absolute Gasteiger partial charge is 0.298 e. The van der Waals surface area contributed by atoms with Gasteiger partial charge in [-0.3, -0.25) is 4.79 Å². The minimum absolute atomic E-state index is 0.108. The quantitative estimate of drug-likeness (QED) is 0.857. The van der Waals surface area contributed by atoms with Gasteiger partial charge in [-0.05, 0) is 31.4 Å². The number of morpholine rings is 1. The van der Waals surface area contributed by atoms with Crippen molar-refractivity contribution in [2.45, 2.75) is 32.3 Å². The molecule has 25 heavy (non-hydrogen) atoms. The first kappa shape index (κ1) is 16.4. The minimum Gasteiger partial charge on any atom is -0.423 e. The average molecular weight is 343 g/mol. The molecule has 134 valence electrons. The molecule has 0 radical (unpaired) electrons. The lowest BCUT2D eigenvalue weighted by molar-refractivity contribution is -0.143. The van der Waals surface area contributed by atoms with Crippen molar-refractivity contribution < 1.29 is 13.9 Å². The van der Waals surface area contributed by atoms with Crippen LogP contribution >= 0.6 is 0 Å². The molecule has 1 aromatic heterocycles. The Morgan fingerprint density at radius 2 is 2.04 bits per heavy atom. The van der Waals surface area contributed by atoms with E-state index in [0.29, 0.717) is 18.5 Å². The molecule has 1 amide bonds. The molecule has 2 aliphatic rings. The van der Waals surface area contributed by atoms with Crippen LogP contribution in [0.2, 0.25) is 0 Å². The summed E-state index contributed by atoms with van der Waals surface area (Å²) in [4.78, 5) is 21.5. The van der Waals surface area contributed by atoms with Gasteiger partial charge in [0.1, 0.15) is 5.52 Å². The standard InChI is InChI=1S/C19H25N3O3/c1-2-15-13-22(11-12-24-15)18(23)14-7-9-21(10-8-14)19-20-16-5-3-4-6-17(16)25-19/h3-6,14-15H,2,7-13H2,1H3. The highest BCUT2D eigenvalue weighted by Crippen LogP contribution is 2.27. The molecule has 6 heteroatoms.